The molecule has 5 nitrogen and oxygen atoms in total. The molecule has 122 valence electrons. The number of para-hydroxylation sites is 1. The summed E-state index contributed by atoms with van der Waals surface area (Å²) in [6.07, 6.45) is 2.11. The molecule has 1 aromatic carbocycles. The number of hydrogen-bond acceptors (Lipinski definition) is 4. The number of carbonyl (C=O) groups is 1. The number of aromatic amines is 1. The van der Waals surface area contributed by atoms with Gasteiger partial charge in [0.1, 0.15) is 11.4 Å². The minimum absolute atomic E-state index is 0.0297. The zero-order valence-corrected chi connectivity index (χ0v) is 14.2. The van der Waals surface area contributed by atoms with Gasteiger partial charge in [0, 0.05) is 17.9 Å². The van der Waals surface area contributed by atoms with Gasteiger partial charge in [0.05, 0.1) is 18.2 Å². The van der Waals surface area contributed by atoms with Gasteiger partial charge in [0.25, 0.3) is 5.91 Å². The molecule has 6 heteroatoms. The number of H-pyrrole nitrogens is 1. The molecule has 1 fully saturated rings. The lowest BCUT2D eigenvalue weighted by atomic mass is 10.1. The van der Waals surface area contributed by atoms with Crippen LogP contribution in [0.3, 0.4) is 0 Å². The zero-order valence-electron chi connectivity index (χ0n) is 13.4. The molecular formula is C17H21N3O2S. The maximum atomic E-state index is 12.7. The molecule has 0 radical (unpaired) electrons. The molecule has 1 N–H and O–H groups in total. The van der Waals surface area contributed by atoms with Gasteiger partial charge in [-0.2, -0.15) is 5.10 Å². The number of amides is 1. The quantitative estimate of drug-likeness (QED) is 0.912. The normalized spacial score (nSPS) is 17.5. The Kier molecular flexibility index (Phi) is 4.91. The Bertz CT molecular complexity index is 686. The standard InChI is InChI=1S/C17H21N3O2S/c1-3-6-16-20(9-10-23-16)17(21)14-11-13(18-19-14)12-7-4-5-8-15(12)22-2/h4-5,7-8,11,16H,3,6,9-10H2,1-2H3,(H,18,19)/t16-/m0/s1. The minimum atomic E-state index is 0.0297. The average Bonchev–Trinajstić information content (AvgIpc) is 3.24. The Balaban J connectivity index is 1.83. The zero-order chi connectivity index (χ0) is 16.2. The predicted molar refractivity (Wildman–Crippen MR) is 92.8 cm³/mol. The molecule has 3 rings (SSSR count). The molecule has 0 bridgehead atoms. The number of rotatable bonds is 5. The van der Waals surface area contributed by atoms with Gasteiger partial charge < -0.3 is 9.64 Å². The van der Waals surface area contributed by atoms with E-state index < -0.39 is 0 Å². The van der Waals surface area contributed by atoms with E-state index in [0.29, 0.717) is 5.69 Å². The molecule has 0 unspecified atom stereocenters. The van der Waals surface area contributed by atoms with E-state index in [0.717, 1.165) is 42.1 Å². The first-order valence-electron chi connectivity index (χ1n) is 7.86. The first-order chi connectivity index (χ1) is 11.2. The average molecular weight is 331 g/mol. The second-order valence-corrected chi connectivity index (χ2v) is 6.77. The summed E-state index contributed by atoms with van der Waals surface area (Å²) in [7, 11) is 1.63. The fraction of sp³-hybridized carbons (Fsp3) is 0.412. The van der Waals surface area contributed by atoms with Crippen molar-refractivity contribution in [3.63, 3.8) is 0 Å². The summed E-state index contributed by atoms with van der Waals surface area (Å²) in [4.78, 5) is 14.7. The van der Waals surface area contributed by atoms with Crippen LogP contribution in [-0.4, -0.2) is 45.8 Å². The van der Waals surface area contributed by atoms with Gasteiger partial charge in [-0.3, -0.25) is 9.89 Å². The molecule has 1 saturated heterocycles. The van der Waals surface area contributed by atoms with Gasteiger partial charge in [-0.05, 0) is 24.6 Å². The van der Waals surface area contributed by atoms with Crippen molar-refractivity contribution in [1.82, 2.24) is 15.1 Å². The third kappa shape index (κ3) is 3.22. The Morgan fingerprint density at radius 1 is 1.48 bits per heavy atom. The Hall–Kier alpha value is -1.95. The number of nitrogens with zero attached hydrogens (tertiary/aromatic N) is 2. The summed E-state index contributed by atoms with van der Waals surface area (Å²) in [5.74, 6) is 1.78. The lowest BCUT2D eigenvalue weighted by molar-refractivity contribution is 0.0750. The van der Waals surface area contributed by atoms with Crippen LogP contribution in [0.15, 0.2) is 30.3 Å². The predicted octanol–water partition coefficient (Wildman–Crippen LogP) is 3.40. The topological polar surface area (TPSA) is 58.2 Å². The highest BCUT2D eigenvalue weighted by Crippen LogP contribution is 2.31. The summed E-state index contributed by atoms with van der Waals surface area (Å²) in [5.41, 5.74) is 2.14. The number of benzene rings is 1. The van der Waals surface area contributed by atoms with Crippen molar-refractivity contribution >= 4 is 17.7 Å². The third-order valence-corrected chi connectivity index (χ3v) is 5.27. The van der Waals surface area contributed by atoms with E-state index in [1.54, 1.807) is 7.11 Å². The van der Waals surface area contributed by atoms with E-state index in [1.165, 1.54) is 0 Å². The monoisotopic (exact) mass is 331 g/mol. The van der Waals surface area contributed by atoms with Crippen LogP contribution in [0.1, 0.15) is 30.3 Å². The number of aromatic nitrogens is 2. The molecule has 1 aliphatic rings. The summed E-state index contributed by atoms with van der Waals surface area (Å²) in [6, 6.07) is 9.49. The van der Waals surface area contributed by atoms with Gasteiger partial charge in [-0.25, -0.2) is 0 Å². The number of hydrogen-bond donors (Lipinski definition) is 1. The second kappa shape index (κ2) is 7.08. The van der Waals surface area contributed by atoms with E-state index in [1.807, 2.05) is 47.0 Å². The van der Waals surface area contributed by atoms with Crippen molar-refractivity contribution in [2.45, 2.75) is 25.1 Å². The van der Waals surface area contributed by atoms with E-state index >= 15 is 0 Å². The maximum Gasteiger partial charge on any atom is 0.272 e. The fourth-order valence-corrected chi connectivity index (χ4v) is 4.18. The minimum Gasteiger partial charge on any atom is -0.496 e. The molecule has 23 heavy (non-hydrogen) atoms. The van der Waals surface area contributed by atoms with Crippen LogP contribution in [0.5, 0.6) is 5.75 Å². The highest BCUT2D eigenvalue weighted by molar-refractivity contribution is 8.00. The number of nitrogens with one attached hydrogen (secondary N) is 1. The first kappa shape index (κ1) is 15.9. The van der Waals surface area contributed by atoms with Crippen LogP contribution in [0.4, 0.5) is 0 Å². The van der Waals surface area contributed by atoms with Crippen LogP contribution >= 0.6 is 11.8 Å². The first-order valence-corrected chi connectivity index (χ1v) is 8.90. The SMILES string of the molecule is CCC[C@@H]1SCCN1C(=O)c1cc(-c2ccccc2OC)n[nH]1. The third-order valence-electron chi connectivity index (χ3n) is 3.98. The van der Waals surface area contributed by atoms with Gasteiger partial charge in [0.15, 0.2) is 0 Å². The van der Waals surface area contributed by atoms with Gasteiger partial charge in [-0.1, -0.05) is 25.5 Å². The van der Waals surface area contributed by atoms with Crippen molar-refractivity contribution in [2.75, 3.05) is 19.4 Å². The van der Waals surface area contributed by atoms with Crippen molar-refractivity contribution in [2.24, 2.45) is 0 Å². The van der Waals surface area contributed by atoms with E-state index in [2.05, 4.69) is 17.1 Å². The van der Waals surface area contributed by atoms with Crippen LogP contribution in [-0.2, 0) is 0 Å². The highest BCUT2D eigenvalue weighted by atomic mass is 32.2. The van der Waals surface area contributed by atoms with Crippen LogP contribution < -0.4 is 4.74 Å². The van der Waals surface area contributed by atoms with Crippen LogP contribution in [0.25, 0.3) is 11.3 Å². The number of ether oxygens (including phenoxy) is 1. The van der Waals surface area contributed by atoms with Gasteiger partial charge >= 0.3 is 0 Å². The Morgan fingerprint density at radius 3 is 3.09 bits per heavy atom. The van der Waals surface area contributed by atoms with Gasteiger partial charge in [-0.15, -0.1) is 11.8 Å². The smallest absolute Gasteiger partial charge is 0.272 e. The highest BCUT2D eigenvalue weighted by Gasteiger charge is 2.30. The fourth-order valence-electron chi connectivity index (χ4n) is 2.82. The number of carbonyl (C=O) groups excluding carboxylic acids is 1. The van der Waals surface area contributed by atoms with Crippen molar-refractivity contribution < 1.29 is 9.53 Å². The molecule has 2 aromatic rings. The Morgan fingerprint density at radius 2 is 2.30 bits per heavy atom. The number of methoxy groups -OCH3 is 1. The lowest BCUT2D eigenvalue weighted by Gasteiger charge is -2.22. The molecule has 1 atom stereocenters. The Labute approximate surface area is 140 Å². The summed E-state index contributed by atoms with van der Waals surface area (Å²) in [6.45, 7) is 2.95. The molecule has 2 heterocycles. The maximum absolute atomic E-state index is 12.7. The molecule has 1 amide bonds. The van der Waals surface area contributed by atoms with Crippen LogP contribution in [0, 0.1) is 0 Å². The van der Waals surface area contributed by atoms with E-state index in [4.69, 9.17) is 4.74 Å². The molecule has 0 spiro atoms. The van der Waals surface area contributed by atoms with Crippen molar-refractivity contribution in [3.05, 3.63) is 36.0 Å². The molecular weight excluding hydrogens is 310 g/mol. The van der Waals surface area contributed by atoms with E-state index in [-0.39, 0.29) is 11.3 Å². The largest absolute Gasteiger partial charge is 0.496 e. The molecule has 1 aliphatic heterocycles. The van der Waals surface area contributed by atoms with E-state index in [9.17, 15) is 4.79 Å². The van der Waals surface area contributed by atoms with Crippen molar-refractivity contribution in [1.29, 1.82) is 0 Å². The lowest BCUT2D eigenvalue weighted by Crippen LogP contribution is -2.34. The number of thioether (sulfide) groups is 1. The second-order valence-electron chi connectivity index (χ2n) is 5.48. The molecule has 1 aromatic heterocycles. The molecule has 0 saturated carbocycles. The summed E-state index contributed by atoms with van der Waals surface area (Å²) >= 11 is 1.86. The van der Waals surface area contributed by atoms with Crippen molar-refractivity contribution in [3.8, 4) is 17.0 Å². The summed E-state index contributed by atoms with van der Waals surface area (Å²) in [5, 5.41) is 7.47. The summed E-state index contributed by atoms with van der Waals surface area (Å²) < 4.78 is 5.37. The molecule has 0 aliphatic carbocycles. The van der Waals surface area contributed by atoms with Crippen LogP contribution in [0.2, 0.25) is 0 Å². The van der Waals surface area contributed by atoms with Gasteiger partial charge in [0.2, 0.25) is 0 Å².